The first-order chi connectivity index (χ1) is 9.35. The number of nitrogens with one attached hydrogen (secondary N) is 1. The molecule has 20 heavy (non-hydrogen) atoms. The maximum atomic E-state index is 11.9. The number of carbonyl (C=O) groups excluding carboxylic acids is 1. The largest absolute Gasteiger partial charge is 0.326 e. The van der Waals surface area contributed by atoms with Crippen LogP contribution in [-0.4, -0.2) is 21.4 Å². The van der Waals surface area contributed by atoms with Gasteiger partial charge >= 0.3 is 0 Å². The highest BCUT2D eigenvalue weighted by molar-refractivity contribution is 6.32. The first kappa shape index (κ1) is 14.7. The molecule has 0 radical (unpaired) electrons. The third kappa shape index (κ3) is 3.88. The molecule has 106 valence electrons. The zero-order valence-electron chi connectivity index (χ0n) is 11.5. The van der Waals surface area contributed by atoms with Crippen LogP contribution in [0.3, 0.4) is 0 Å². The van der Waals surface area contributed by atoms with Crippen LogP contribution < -0.4 is 11.1 Å². The van der Waals surface area contributed by atoms with Gasteiger partial charge in [0.1, 0.15) is 0 Å². The van der Waals surface area contributed by atoms with Crippen LogP contribution in [-0.2, 0) is 4.79 Å². The third-order valence-electron chi connectivity index (χ3n) is 2.78. The monoisotopic (exact) mass is 292 g/mol. The second-order valence-corrected chi connectivity index (χ2v) is 5.75. The predicted octanol–water partition coefficient (Wildman–Crippen LogP) is 2.74. The van der Waals surface area contributed by atoms with E-state index in [1.165, 1.54) is 0 Å². The molecule has 0 fully saturated rings. The van der Waals surface area contributed by atoms with Crippen LogP contribution in [0.15, 0.2) is 24.3 Å². The molecular formula is C14H17ClN4O. The van der Waals surface area contributed by atoms with Crippen LogP contribution >= 0.6 is 11.6 Å². The number of para-hydroxylation sites is 2. The molecule has 0 aliphatic rings. The summed E-state index contributed by atoms with van der Waals surface area (Å²) in [7, 11) is 0. The van der Waals surface area contributed by atoms with Gasteiger partial charge in [0.25, 0.3) is 0 Å². The number of hydrogen-bond acceptors (Lipinski definition) is 4. The molecule has 0 unspecified atom stereocenters. The number of hydrogen-bond donors (Lipinski definition) is 2. The Kier molecular flexibility index (Phi) is 4.20. The van der Waals surface area contributed by atoms with Crippen LogP contribution in [0.4, 0.5) is 5.82 Å². The van der Waals surface area contributed by atoms with Crippen molar-refractivity contribution in [3.05, 3.63) is 29.4 Å². The Balaban J connectivity index is 2.13. The molecule has 5 nitrogen and oxygen atoms in total. The second kappa shape index (κ2) is 5.73. The molecular weight excluding hydrogens is 276 g/mol. The summed E-state index contributed by atoms with van der Waals surface area (Å²) < 4.78 is 0. The standard InChI is InChI=1S/C14H17ClN4O/c1-14(2,16)8-7-11(20)19-13-12(15)17-9-5-3-4-6-10(9)18-13/h3-6H,7-8,16H2,1-2H3,(H,18,19,20). The summed E-state index contributed by atoms with van der Waals surface area (Å²) in [4.78, 5) is 20.4. The first-order valence-electron chi connectivity index (χ1n) is 6.36. The summed E-state index contributed by atoms with van der Waals surface area (Å²) in [6, 6.07) is 7.34. The zero-order valence-corrected chi connectivity index (χ0v) is 12.2. The third-order valence-corrected chi connectivity index (χ3v) is 3.05. The van der Waals surface area contributed by atoms with E-state index in [1.807, 2.05) is 38.1 Å². The number of halogens is 1. The van der Waals surface area contributed by atoms with E-state index in [0.717, 1.165) is 0 Å². The molecule has 0 aliphatic heterocycles. The molecule has 2 rings (SSSR count). The van der Waals surface area contributed by atoms with Crippen LogP contribution in [0, 0.1) is 0 Å². The van der Waals surface area contributed by atoms with Gasteiger partial charge in [0, 0.05) is 12.0 Å². The number of carbonyl (C=O) groups is 1. The lowest BCUT2D eigenvalue weighted by molar-refractivity contribution is -0.116. The van der Waals surface area contributed by atoms with Gasteiger partial charge in [-0.05, 0) is 32.4 Å². The number of amides is 1. The zero-order chi connectivity index (χ0) is 14.8. The fourth-order valence-electron chi connectivity index (χ4n) is 1.69. The van der Waals surface area contributed by atoms with E-state index in [0.29, 0.717) is 23.9 Å². The summed E-state index contributed by atoms with van der Waals surface area (Å²) in [5, 5.41) is 2.86. The van der Waals surface area contributed by atoms with Gasteiger partial charge in [-0.15, -0.1) is 0 Å². The van der Waals surface area contributed by atoms with E-state index < -0.39 is 0 Å². The number of anilines is 1. The Morgan fingerprint density at radius 1 is 1.30 bits per heavy atom. The maximum absolute atomic E-state index is 11.9. The quantitative estimate of drug-likeness (QED) is 0.908. The van der Waals surface area contributed by atoms with Gasteiger partial charge in [-0.3, -0.25) is 4.79 Å². The molecule has 0 aliphatic carbocycles. The highest BCUT2D eigenvalue weighted by atomic mass is 35.5. The van der Waals surface area contributed by atoms with Gasteiger partial charge in [0.15, 0.2) is 11.0 Å². The van der Waals surface area contributed by atoms with Crippen LogP contribution in [0.5, 0.6) is 0 Å². The summed E-state index contributed by atoms with van der Waals surface area (Å²) in [6.07, 6.45) is 0.895. The summed E-state index contributed by atoms with van der Waals surface area (Å²) in [5.41, 5.74) is 6.85. The summed E-state index contributed by atoms with van der Waals surface area (Å²) in [5.74, 6) is 0.111. The van der Waals surface area contributed by atoms with E-state index in [9.17, 15) is 4.79 Å². The Bertz CT molecular complexity index is 637. The van der Waals surface area contributed by atoms with Crippen molar-refractivity contribution in [3.8, 4) is 0 Å². The van der Waals surface area contributed by atoms with Crippen molar-refractivity contribution in [2.24, 2.45) is 5.73 Å². The SMILES string of the molecule is CC(C)(N)CCC(=O)Nc1nc2ccccc2nc1Cl. The summed E-state index contributed by atoms with van der Waals surface area (Å²) in [6.45, 7) is 3.76. The van der Waals surface area contributed by atoms with Crippen molar-refractivity contribution >= 4 is 34.4 Å². The number of rotatable bonds is 4. The van der Waals surface area contributed by atoms with Gasteiger partial charge in [0.05, 0.1) is 11.0 Å². The summed E-state index contributed by atoms with van der Waals surface area (Å²) >= 11 is 6.02. The number of benzene rings is 1. The molecule has 0 saturated heterocycles. The predicted molar refractivity (Wildman–Crippen MR) is 80.7 cm³/mol. The number of fused-ring (bicyclic) bond motifs is 1. The average Bonchev–Trinajstić information content (AvgIpc) is 2.36. The van der Waals surface area contributed by atoms with Gasteiger partial charge < -0.3 is 11.1 Å². The molecule has 0 bridgehead atoms. The molecule has 1 aromatic heterocycles. The molecule has 2 aromatic rings. The van der Waals surface area contributed by atoms with Crippen molar-refractivity contribution in [2.45, 2.75) is 32.2 Å². The minimum atomic E-state index is -0.379. The fraction of sp³-hybridized carbons (Fsp3) is 0.357. The van der Waals surface area contributed by atoms with Gasteiger partial charge in [-0.25, -0.2) is 9.97 Å². The molecule has 1 amide bonds. The van der Waals surface area contributed by atoms with Crippen molar-refractivity contribution in [1.29, 1.82) is 0 Å². The van der Waals surface area contributed by atoms with Crippen LogP contribution in [0.1, 0.15) is 26.7 Å². The van der Waals surface area contributed by atoms with Crippen molar-refractivity contribution in [1.82, 2.24) is 9.97 Å². The first-order valence-corrected chi connectivity index (χ1v) is 6.74. The Hall–Kier alpha value is -1.72. The lowest BCUT2D eigenvalue weighted by atomic mass is 10.00. The Morgan fingerprint density at radius 2 is 1.90 bits per heavy atom. The van der Waals surface area contributed by atoms with E-state index in [2.05, 4.69) is 15.3 Å². The van der Waals surface area contributed by atoms with E-state index in [-0.39, 0.29) is 22.4 Å². The lowest BCUT2D eigenvalue weighted by Gasteiger charge is -2.17. The highest BCUT2D eigenvalue weighted by Crippen LogP contribution is 2.21. The Morgan fingerprint density at radius 3 is 2.50 bits per heavy atom. The van der Waals surface area contributed by atoms with E-state index >= 15 is 0 Å². The van der Waals surface area contributed by atoms with Crippen LogP contribution in [0.25, 0.3) is 11.0 Å². The van der Waals surface area contributed by atoms with Crippen LogP contribution in [0.2, 0.25) is 5.15 Å². The lowest BCUT2D eigenvalue weighted by Crippen LogP contribution is -2.33. The normalized spacial score (nSPS) is 11.6. The minimum absolute atomic E-state index is 0.171. The fourth-order valence-corrected chi connectivity index (χ4v) is 1.87. The smallest absolute Gasteiger partial charge is 0.225 e. The average molecular weight is 293 g/mol. The molecule has 1 heterocycles. The number of nitrogens with two attached hydrogens (primary N) is 1. The topological polar surface area (TPSA) is 80.9 Å². The highest BCUT2D eigenvalue weighted by Gasteiger charge is 2.15. The molecule has 6 heteroatoms. The van der Waals surface area contributed by atoms with E-state index in [4.69, 9.17) is 17.3 Å². The molecule has 0 saturated carbocycles. The van der Waals surface area contributed by atoms with Crippen molar-refractivity contribution in [2.75, 3.05) is 5.32 Å². The van der Waals surface area contributed by atoms with Gasteiger partial charge in [0.2, 0.25) is 5.91 Å². The maximum Gasteiger partial charge on any atom is 0.225 e. The minimum Gasteiger partial charge on any atom is -0.326 e. The van der Waals surface area contributed by atoms with Gasteiger partial charge in [-0.2, -0.15) is 0 Å². The molecule has 3 N–H and O–H groups in total. The number of aromatic nitrogens is 2. The van der Waals surface area contributed by atoms with E-state index in [1.54, 1.807) is 0 Å². The van der Waals surface area contributed by atoms with Gasteiger partial charge in [-0.1, -0.05) is 23.7 Å². The molecule has 0 atom stereocenters. The number of nitrogens with zero attached hydrogens (tertiary/aromatic N) is 2. The Labute approximate surface area is 122 Å². The van der Waals surface area contributed by atoms with Crippen molar-refractivity contribution in [3.63, 3.8) is 0 Å². The molecule has 0 spiro atoms. The molecule has 1 aromatic carbocycles. The van der Waals surface area contributed by atoms with Crippen molar-refractivity contribution < 1.29 is 4.79 Å². The second-order valence-electron chi connectivity index (χ2n) is 5.39.